The van der Waals surface area contributed by atoms with Crippen LogP contribution < -0.4 is 16.0 Å². The molecule has 10 heterocycles. The second-order valence-electron chi connectivity index (χ2n) is 22.8. The van der Waals surface area contributed by atoms with Gasteiger partial charge in [-0.3, -0.25) is 20.2 Å². The minimum Gasteiger partial charge on any atom is -0.477 e. The Morgan fingerprint density at radius 2 is 1.16 bits per heavy atom. The van der Waals surface area contributed by atoms with Crippen molar-refractivity contribution in [3.8, 4) is 31.9 Å². The predicted molar refractivity (Wildman–Crippen MR) is 332 cm³/mol. The molecule has 0 bridgehead atoms. The third-order valence-electron chi connectivity index (χ3n) is 15.9. The number of benzene rings is 2. The van der Waals surface area contributed by atoms with Gasteiger partial charge in [-0.05, 0) is 155 Å². The number of aliphatic hydroxyl groups excluding tert-OH is 1. The van der Waals surface area contributed by atoms with Crippen molar-refractivity contribution >= 4 is 104 Å². The average molecular weight is 1240 g/mol. The predicted octanol–water partition coefficient (Wildman–Crippen LogP) is 13.5. The van der Waals surface area contributed by atoms with Gasteiger partial charge in [0.15, 0.2) is 36.5 Å². The summed E-state index contributed by atoms with van der Waals surface area (Å²) in [5.74, 6) is 1.66. The van der Waals surface area contributed by atoms with E-state index in [2.05, 4.69) is 65.2 Å². The third-order valence-corrected chi connectivity index (χ3v) is 19.2. The Hall–Kier alpha value is -8.00. The molecule has 0 atom stereocenters. The van der Waals surface area contributed by atoms with E-state index in [1.807, 2.05) is 56.0 Å². The number of fused-ring (bicyclic) bond motifs is 2. The fraction of sp³-hybridized carbons (Fsp3) is 0.361. The molecule has 86 heavy (non-hydrogen) atoms. The topological polar surface area (TPSA) is 271 Å². The van der Waals surface area contributed by atoms with Crippen LogP contribution in [0.25, 0.3) is 54.0 Å². The molecule has 0 radical (unpaired) electrons. The molecular formula is C61H66ClN11O10S3. The Morgan fingerprint density at radius 1 is 0.686 bits per heavy atom. The summed E-state index contributed by atoms with van der Waals surface area (Å²) in [5, 5.41) is 27.8. The molecule has 2 aromatic carbocycles. The average Bonchev–Trinajstić information content (AvgIpc) is 1.63. The maximum absolute atomic E-state index is 13.3. The Morgan fingerprint density at radius 3 is 1.59 bits per heavy atom. The van der Waals surface area contributed by atoms with Crippen molar-refractivity contribution in [1.82, 2.24) is 44.3 Å². The number of carboxylic acid groups (broad SMARTS) is 1. The lowest BCUT2D eigenvalue weighted by Crippen LogP contribution is -2.43. The number of thiophene rings is 3. The number of anilines is 2. The van der Waals surface area contributed by atoms with E-state index in [4.69, 9.17) is 33.1 Å². The number of carbonyl (C=O) groups is 4. The number of hydrogen-bond acceptors (Lipinski definition) is 18. The van der Waals surface area contributed by atoms with E-state index < -0.39 is 11.6 Å². The Labute approximate surface area is 513 Å². The van der Waals surface area contributed by atoms with Gasteiger partial charge < -0.3 is 47.6 Å². The smallest absolute Gasteiger partial charge is 0.410 e. The number of carboxylic acids is 1. The molecule has 0 unspecified atom stereocenters. The lowest BCUT2D eigenvalue weighted by atomic mass is 9.65. The largest absolute Gasteiger partial charge is 0.477 e. The van der Waals surface area contributed by atoms with Crippen LogP contribution in [0.15, 0.2) is 124 Å². The van der Waals surface area contributed by atoms with Gasteiger partial charge in [0.2, 0.25) is 11.9 Å². The number of nitrogens with one attached hydrogen (secondary N) is 3. The summed E-state index contributed by atoms with van der Waals surface area (Å²) >= 11 is 3.88. The number of ether oxygens (including phenoxy) is 1. The highest BCUT2D eigenvalue weighted by molar-refractivity contribution is 7.18. The van der Waals surface area contributed by atoms with Crippen molar-refractivity contribution in [3.05, 3.63) is 136 Å². The second kappa shape index (κ2) is 25.1. The number of oxazole rings is 3. The maximum Gasteiger partial charge on any atom is 0.410 e. The molecule has 3 amide bonds. The van der Waals surface area contributed by atoms with Crippen LogP contribution in [-0.4, -0.2) is 105 Å². The van der Waals surface area contributed by atoms with Gasteiger partial charge >= 0.3 is 12.1 Å². The Bertz CT molecular complexity index is 3990. The van der Waals surface area contributed by atoms with Gasteiger partial charge in [0.1, 0.15) is 10.5 Å². The molecule has 2 spiro atoms. The first kappa shape index (κ1) is 61.1. The summed E-state index contributed by atoms with van der Waals surface area (Å²) < 4.78 is 25.7. The molecule has 14 rings (SSSR count). The molecule has 21 nitrogen and oxygen atoms in total. The number of aliphatic hydroxyl groups is 1. The van der Waals surface area contributed by atoms with E-state index in [1.54, 1.807) is 42.9 Å². The molecule has 5 N–H and O–H groups in total. The molecule has 450 valence electrons. The lowest BCUT2D eigenvalue weighted by Gasteiger charge is -2.46. The van der Waals surface area contributed by atoms with Gasteiger partial charge in [0.05, 0.1) is 71.6 Å². The number of aryl methyl sites for hydroxylation is 1. The first-order chi connectivity index (χ1) is 40.5. The zero-order chi connectivity index (χ0) is 58.3. The van der Waals surface area contributed by atoms with Crippen molar-refractivity contribution in [1.29, 1.82) is 0 Å². The van der Waals surface area contributed by atoms with Crippen LogP contribution in [0, 0.1) is 10.8 Å². The molecule has 2 aliphatic carbocycles. The number of hydrogen-bond donors (Lipinski definition) is 5. The number of carbonyl (C=O) groups excluding carboxylic acids is 3. The van der Waals surface area contributed by atoms with Crippen molar-refractivity contribution in [2.24, 2.45) is 10.8 Å². The van der Waals surface area contributed by atoms with Crippen LogP contribution in [0.4, 0.5) is 16.7 Å². The maximum atomic E-state index is 13.3. The van der Waals surface area contributed by atoms with Crippen LogP contribution in [0.3, 0.4) is 0 Å². The number of aromatic carboxylic acids is 1. The van der Waals surface area contributed by atoms with Crippen LogP contribution in [0.2, 0.25) is 0 Å². The van der Waals surface area contributed by atoms with Gasteiger partial charge in [-0.15, -0.1) is 46.4 Å². The van der Waals surface area contributed by atoms with Gasteiger partial charge in [-0.1, -0.05) is 26.5 Å². The number of nitrogens with zero attached hydrogens (tertiary/aromatic N) is 8. The van der Waals surface area contributed by atoms with Crippen molar-refractivity contribution < 1.29 is 47.4 Å². The zero-order valence-corrected chi connectivity index (χ0v) is 50.2. The lowest BCUT2D eigenvalue weighted by molar-refractivity contribution is 0.0199. The van der Waals surface area contributed by atoms with Crippen molar-refractivity contribution in [2.45, 2.75) is 104 Å². The number of halogens is 1. The first-order valence-corrected chi connectivity index (χ1v) is 30.1. The molecule has 8 aromatic heterocycles. The number of imidazole rings is 2. The SMILES string of the molecule is C.CCc1ccc2c(c1)nc(NC(=O)c1ccc(-c3cnco3)s1)n2C1CC2(CCN(C(=O)OC(C)(C)C)C2)C1.Cl.O=C(Nc1nc2cc(CO)ccc2n1C1CC2(CCNC2)C1)c1ccc(-c2cnco2)s1.O=C(O)c1ccc(-c2cnco2)s1. The van der Waals surface area contributed by atoms with E-state index in [1.165, 1.54) is 65.2 Å². The summed E-state index contributed by atoms with van der Waals surface area (Å²) in [5.41, 5.74) is 5.60. The van der Waals surface area contributed by atoms with Crippen molar-refractivity contribution in [2.75, 3.05) is 36.8 Å². The first-order valence-electron chi connectivity index (χ1n) is 27.7. The number of rotatable bonds is 12. The molecule has 10 aromatic rings. The quantitative estimate of drug-likeness (QED) is 0.0761. The Balaban J connectivity index is 0.000000157. The number of aromatic nitrogens is 7. The molecule has 4 aliphatic rings. The normalized spacial score (nSPS) is 19.4. The minimum atomic E-state index is -0.921. The monoisotopic (exact) mass is 1240 g/mol. The van der Waals surface area contributed by atoms with E-state index >= 15 is 0 Å². The fourth-order valence-electron chi connectivity index (χ4n) is 11.8. The Kier molecular flexibility index (Phi) is 17.9. The third kappa shape index (κ3) is 12.8. The number of likely N-dealkylation sites (tertiary alicyclic amines) is 1. The molecule has 4 fully saturated rings. The number of amides is 3. The molecule has 2 aliphatic heterocycles. The fourth-order valence-corrected chi connectivity index (χ4v) is 14.3. The van der Waals surface area contributed by atoms with E-state index in [9.17, 15) is 24.3 Å². The van der Waals surface area contributed by atoms with Gasteiger partial charge in [-0.25, -0.2) is 34.5 Å². The highest BCUT2D eigenvalue weighted by Gasteiger charge is 2.52. The van der Waals surface area contributed by atoms with Gasteiger partial charge in [0.25, 0.3) is 11.8 Å². The van der Waals surface area contributed by atoms with Gasteiger partial charge in [0, 0.05) is 31.7 Å². The highest BCUT2D eigenvalue weighted by Crippen LogP contribution is 2.56. The molecular weight excluding hydrogens is 1180 g/mol. The molecule has 2 saturated heterocycles. The summed E-state index contributed by atoms with van der Waals surface area (Å²) in [7, 11) is 0. The highest BCUT2D eigenvalue weighted by atomic mass is 35.5. The zero-order valence-electron chi connectivity index (χ0n) is 46.9. The van der Waals surface area contributed by atoms with Crippen molar-refractivity contribution in [3.63, 3.8) is 0 Å². The molecule has 25 heteroatoms. The van der Waals surface area contributed by atoms with Crippen LogP contribution >= 0.6 is 46.4 Å². The van der Waals surface area contributed by atoms with E-state index in [-0.39, 0.29) is 55.8 Å². The van der Waals surface area contributed by atoms with Crippen LogP contribution in [-0.2, 0) is 17.8 Å². The minimum absolute atomic E-state index is 0. The van der Waals surface area contributed by atoms with Gasteiger partial charge in [-0.2, -0.15) is 0 Å². The van der Waals surface area contributed by atoms with Crippen LogP contribution in [0.1, 0.15) is 126 Å². The summed E-state index contributed by atoms with van der Waals surface area (Å²) in [6.07, 6.45) is 15.7. The standard InChI is InChI=1S/C29H33N5O4S.C23H23N5O3S.C8H5NO3S.CH4.ClH/c1-5-18-6-7-21-20(12-18)31-26(32-25(35)24-9-8-23(39-24)22-15-30-17-37-22)34(21)19-13-29(14-19)10-11-33(16-29)27(36)38-28(2,3)4;29-11-14-1-2-17-16(7-14)26-22(28(17)15-8-23(9-15)5-6-24-12-23)27-21(30)20-4-3-19(32-20)18-10-25-13-31-18;10-8(11)7-2-1-6(13-7)5-3-9-4-12-5;;/h6-9,12,15,17,19H,5,10-11,13-14,16H2,1-4H3,(H,31,32,35);1-4,7,10,13,15,24,29H,5-6,8-9,11-12H2,(H,26,27,30);1-4H,(H,10,11);1H4;1H. The summed E-state index contributed by atoms with van der Waals surface area (Å²) in [4.78, 5) is 76.6. The van der Waals surface area contributed by atoms with Crippen LogP contribution in [0.5, 0.6) is 0 Å². The van der Waals surface area contributed by atoms with E-state index in [0.717, 1.165) is 93.9 Å². The summed E-state index contributed by atoms with van der Waals surface area (Å²) in [6.45, 7) is 11.3. The summed E-state index contributed by atoms with van der Waals surface area (Å²) in [6, 6.07) is 23.2. The van der Waals surface area contributed by atoms with E-state index in [0.29, 0.717) is 68.4 Å². The second-order valence-corrected chi connectivity index (χ2v) is 26.0. The molecule has 2 saturated carbocycles.